The predicted octanol–water partition coefficient (Wildman–Crippen LogP) is 4.88. The second kappa shape index (κ2) is 8.60. The Bertz CT molecular complexity index is 1320. The Kier molecular flexibility index (Phi) is 5.85. The molecule has 0 amide bonds. The van der Waals surface area contributed by atoms with Crippen molar-refractivity contribution < 1.29 is 4.74 Å². The van der Waals surface area contributed by atoms with Gasteiger partial charge in [-0.05, 0) is 40.3 Å². The summed E-state index contributed by atoms with van der Waals surface area (Å²) in [5.74, 6) is 1.28. The van der Waals surface area contributed by atoms with Crippen LogP contribution >= 0.6 is 0 Å². The summed E-state index contributed by atoms with van der Waals surface area (Å²) in [6.45, 7) is 7.41. The van der Waals surface area contributed by atoms with E-state index in [0.29, 0.717) is 35.6 Å². The van der Waals surface area contributed by atoms with Crippen molar-refractivity contribution in [2.45, 2.75) is 39.3 Å². The highest BCUT2D eigenvalue weighted by Crippen LogP contribution is 2.27. The highest BCUT2D eigenvalue weighted by Gasteiger charge is 2.17. The van der Waals surface area contributed by atoms with Crippen LogP contribution in [-0.2, 0) is 18.5 Å². The third-order valence-corrected chi connectivity index (χ3v) is 5.74. The first-order chi connectivity index (χ1) is 15.3. The molecule has 0 fully saturated rings. The summed E-state index contributed by atoms with van der Waals surface area (Å²) in [5, 5.41) is 0.536. The third-order valence-electron chi connectivity index (χ3n) is 5.74. The number of ether oxygens (including phenoxy) is 1. The van der Waals surface area contributed by atoms with E-state index in [-0.39, 0.29) is 11.0 Å². The molecule has 5 heteroatoms. The Morgan fingerprint density at radius 2 is 1.69 bits per heavy atom. The minimum absolute atomic E-state index is 0.0498. The molecule has 5 nitrogen and oxygen atoms in total. The first kappa shape index (κ1) is 21.8. The lowest BCUT2D eigenvalue weighted by Gasteiger charge is -2.20. The largest absolute Gasteiger partial charge is 0.497 e. The second-order valence-corrected chi connectivity index (χ2v) is 9.06. The van der Waals surface area contributed by atoms with Crippen LogP contribution in [0.4, 0.5) is 0 Å². The molecule has 0 atom stereocenters. The number of rotatable bonds is 5. The molecule has 0 aliphatic carbocycles. The van der Waals surface area contributed by atoms with Crippen LogP contribution in [0.15, 0.2) is 71.5 Å². The molecule has 164 valence electrons. The van der Waals surface area contributed by atoms with Gasteiger partial charge in [0.2, 0.25) is 0 Å². The summed E-state index contributed by atoms with van der Waals surface area (Å²) in [6, 6.07) is 21.7. The minimum atomic E-state index is -0.0954. The highest BCUT2D eigenvalue weighted by atomic mass is 16.5. The molecule has 32 heavy (non-hydrogen) atoms. The molecular formula is C27H29N3O2. The van der Waals surface area contributed by atoms with Gasteiger partial charge in [-0.1, -0.05) is 69.3 Å². The number of nitrogens with zero attached hydrogens (tertiary/aromatic N) is 2. The zero-order valence-electron chi connectivity index (χ0n) is 19.1. The number of fused-ring (bicyclic) bond motifs is 1. The topological polar surface area (TPSA) is 70.1 Å². The zero-order valence-corrected chi connectivity index (χ0v) is 19.1. The van der Waals surface area contributed by atoms with Gasteiger partial charge in [-0.25, -0.2) is 4.98 Å². The third kappa shape index (κ3) is 4.30. The van der Waals surface area contributed by atoms with E-state index < -0.39 is 0 Å². The summed E-state index contributed by atoms with van der Waals surface area (Å²) in [4.78, 5) is 18.5. The van der Waals surface area contributed by atoms with Crippen LogP contribution in [0.25, 0.3) is 22.3 Å². The summed E-state index contributed by atoms with van der Waals surface area (Å²) in [7, 11) is 1.59. The molecule has 3 aromatic carbocycles. The minimum Gasteiger partial charge on any atom is -0.497 e. The monoisotopic (exact) mass is 427 g/mol. The number of benzene rings is 3. The van der Waals surface area contributed by atoms with Gasteiger partial charge >= 0.3 is 0 Å². The van der Waals surface area contributed by atoms with Crippen LogP contribution in [0, 0.1) is 0 Å². The van der Waals surface area contributed by atoms with Gasteiger partial charge < -0.3 is 10.5 Å². The van der Waals surface area contributed by atoms with E-state index in [0.717, 1.165) is 16.7 Å². The summed E-state index contributed by atoms with van der Waals surface area (Å²) < 4.78 is 7.08. The molecule has 0 saturated heterocycles. The molecule has 2 N–H and O–H groups in total. The molecule has 0 unspecified atom stereocenters. The predicted molar refractivity (Wildman–Crippen MR) is 130 cm³/mol. The Hall–Kier alpha value is -3.44. The van der Waals surface area contributed by atoms with Crippen LogP contribution in [-0.4, -0.2) is 16.7 Å². The number of nitrogens with two attached hydrogens (primary N) is 1. The summed E-state index contributed by atoms with van der Waals surface area (Å²) in [5.41, 5.74) is 10.6. The van der Waals surface area contributed by atoms with Gasteiger partial charge in [0.15, 0.2) is 0 Å². The number of aromatic nitrogens is 2. The van der Waals surface area contributed by atoms with Crippen LogP contribution in [0.2, 0.25) is 0 Å². The fraction of sp³-hybridized carbons (Fsp3) is 0.259. The molecule has 0 aliphatic rings. The fourth-order valence-electron chi connectivity index (χ4n) is 3.85. The van der Waals surface area contributed by atoms with E-state index >= 15 is 0 Å². The average molecular weight is 428 g/mol. The van der Waals surface area contributed by atoms with E-state index in [4.69, 9.17) is 15.5 Å². The lowest BCUT2D eigenvalue weighted by atomic mass is 9.86. The van der Waals surface area contributed by atoms with Crippen LogP contribution < -0.4 is 16.0 Å². The highest BCUT2D eigenvalue weighted by molar-refractivity contribution is 5.81. The van der Waals surface area contributed by atoms with E-state index in [1.165, 1.54) is 5.56 Å². The first-order valence-electron chi connectivity index (χ1n) is 10.8. The standard InChI is InChI=1S/C27H29N3O2/c1-27(2,3)21-10-8-20(9-11-21)25-29-24-13-12-22(32-4)15-23(24)26(31)30(25)17-19-7-5-6-18(14-19)16-28/h5-15H,16-17,28H2,1-4H3. The summed E-state index contributed by atoms with van der Waals surface area (Å²) >= 11 is 0. The van der Waals surface area contributed by atoms with Gasteiger partial charge in [-0.2, -0.15) is 0 Å². The van der Waals surface area contributed by atoms with Crippen molar-refractivity contribution in [2.24, 2.45) is 5.73 Å². The van der Waals surface area contributed by atoms with Crippen LogP contribution in [0.3, 0.4) is 0 Å². The SMILES string of the molecule is COc1ccc2nc(-c3ccc(C(C)(C)C)cc3)n(Cc3cccc(CN)c3)c(=O)c2c1. The van der Waals surface area contributed by atoms with Crippen molar-refractivity contribution in [3.63, 3.8) is 0 Å². The first-order valence-corrected chi connectivity index (χ1v) is 10.8. The maximum absolute atomic E-state index is 13.6. The molecular weight excluding hydrogens is 398 g/mol. The molecule has 1 aromatic heterocycles. The molecule has 0 saturated carbocycles. The molecule has 0 radical (unpaired) electrons. The van der Waals surface area contributed by atoms with Gasteiger partial charge in [-0.15, -0.1) is 0 Å². The number of hydrogen-bond donors (Lipinski definition) is 1. The van der Waals surface area contributed by atoms with E-state index in [9.17, 15) is 4.79 Å². The fourth-order valence-corrected chi connectivity index (χ4v) is 3.85. The lowest BCUT2D eigenvalue weighted by Crippen LogP contribution is -2.24. The van der Waals surface area contributed by atoms with Gasteiger partial charge in [0.1, 0.15) is 11.6 Å². The van der Waals surface area contributed by atoms with Crippen molar-refractivity contribution in [3.8, 4) is 17.1 Å². The van der Waals surface area contributed by atoms with Gasteiger partial charge in [-0.3, -0.25) is 9.36 Å². The molecule has 0 aliphatic heterocycles. The Morgan fingerprint density at radius 3 is 2.34 bits per heavy atom. The van der Waals surface area contributed by atoms with Crippen LogP contribution in [0.1, 0.15) is 37.5 Å². The molecule has 0 bridgehead atoms. The Morgan fingerprint density at radius 1 is 0.969 bits per heavy atom. The smallest absolute Gasteiger partial charge is 0.262 e. The zero-order chi connectivity index (χ0) is 22.9. The number of methoxy groups -OCH3 is 1. The Balaban J connectivity index is 1.91. The van der Waals surface area contributed by atoms with Crippen molar-refractivity contribution in [1.82, 2.24) is 9.55 Å². The molecule has 4 rings (SSSR count). The van der Waals surface area contributed by atoms with Gasteiger partial charge in [0, 0.05) is 12.1 Å². The van der Waals surface area contributed by atoms with Crippen molar-refractivity contribution in [3.05, 3.63) is 93.8 Å². The maximum Gasteiger partial charge on any atom is 0.262 e. The van der Waals surface area contributed by atoms with Crippen molar-refractivity contribution in [1.29, 1.82) is 0 Å². The van der Waals surface area contributed by atoms with E-state index in [2.05, 4.69) is 32.9 Å². The lowest BCUT2D eigenvalue weighted by molar-refractivity contribution is 0.415. The number of hydrogen-bond acceptors (Lipinski definition) is 4. The second-order valence-electron chi connectivity index (χ2n) is 9.06. The van der Waals surface area contributed by atoms with E-state index in [1.54, 1.807) is 17.7 Å². The van der Waals surface area contributed by atoms with Crippen LogP contribution in [0.5, 0.6) is 5.75 Å². The van der Waals surface area contributed by atoms with Crippen molar-refractivity contribution >= 4 is 10.9 Å². The quantitative estimate of drug-likeness (QED) is 0.493. The molecule has 0 spiro atoms. The summed E-state index contributed by atoms with van der Waals surface area (Å²) in [6.07, 6.45) is 0. The van der Waals surface area contributed by atoms with E-state index in [1.807, 2.05) is 48.5 Å². The van der Waals surface area contributed by atoms with Crippen molar-refractivity contribution in [2.75, 3.05) is 7.11 Å². The molecule has 4 aromatic rings. The average Bonchev–Trinajstić information content (AvgIpc) is 2.80. The normalized spacial score (nSPS) is 11.7. The molecule has 1 heterocycles. The Labute approximate surface area is 188 Å². The van der Waals surface area contributed by atoms with Gasteiger partial charge in [0.05, 0.1) is 24.6 Å². The maximum atomic E-state index is 13.6. The van der Waals surface area contributed by atoms with Gasteiger partial charge in [0.25, 0.3) is 5.56 Å².